The summed E-state index contributed by atoms with van der Waals surface area (Å²) in [5.74, 6) is -2.65. The summed E-state index contributed by atoms with van der Waals surface area (Å²) in [6.45, 7) is 0. The molecule has 0 saturated heterocycles. The van der Waals surface area contributed by atoms with Crippen molar-refractivity contribution in [3.05, 3.63) is 108 Å². The number of carboxylic acid groups (broad SMARTS) is 1. The molecule has 0 bridgehead atoms. The lowest BCUT2D eigenvalue weighted by atomic mass is 9.92. The zero-order valence-corrected chi connectivity index (χ0v) is 21.1. The van der Waals surface area contributed by atoms with E-state index >= 15 is 0 Å². The van der Waals surface area contributed by atoms with Gasteiger partial charge in [-0.2, -0.15) is 0 Å². The Kier molecular flexibility index (Phi) is 7.36. The highest BCUT2D eigenvalue weighted by Gasteiger charge is 2.25. The van der Waals surface area contributed by atoms with Gasteiger partial charge in [0.1, 0.15) is 0 Å². The highest BCUT2D eigenvalue weighted by molar-refractivity contribution is 6.39. The van der Waals surface area contributed by atoms with Gasteiger partial charge >= 0.3 is 11.7 Å². The number of rotatable bonds is 7. The minimum atomic E-state index is -1.15. The maximum Gasteiger partial charge on any atom is 0.335 e. The number of benzene rings is 3. The number of nitrogens with zero attached hydrogens (tertiary/aromatic N) is 2. The molecule has 1 atom stereocenters. The van der Waals surface area contributed by atoms with Crippen molar-refractivity contribution in [2.24, 2.45) is 13.0 Å². The molecule has 4 rings (SSSR count). The average Bonchev–Trinajstić information content (AvgIpc) is 2.83. The smallest absolute Gasteiger partial charge is 0.335 e. The number of aromatic nitrogens is 2. The molecule has 1 heterocycles. The van der Waals surface area contributed by atoms with Crippen LogP contribution in [0.2, 0.25) is 15.1 Å². The first-order valence-corrected chi connectivity index (χ1v) is 11.9. The molecule has 184 valence electrons. The molecule has 1 unspecified atom stereocenters. The SMILES string of the molecule is Cn1c(=O)n(-c2ccc(CC(CC(=O)c3c(Cl)cccc3Cl)C(=O)O)cc2)c(=O)c2cc(Cl)ccc21. The lowest BCUT2D eigenvalue weighted by Gasteiger charge is -2.14. The molecule has 0 spiro atoms. The predicted molar refractivity (Wildman–Crippen MR) is 140 cm³/mol. The Morgan fingerprint density at radius 3 is 2.19 bits per heavy atom. The number of ketones is 1. The van der Waals surface area contributed by atoms with E-state index in [0.29, 0.717) is 21.8 Å². The van der Waals surface area contributed by atoms with Gasteiger partial charge in [0.05, 0.1) is 38.1 Å². The molecule has 36 heavy (non-hydrogen) atoms. The number of aliphatic carboxylic acids is 1. The van der Waals surface area contributed by atoms with Gasteiger partial charge in [-0.25, -0.2) is 9.36 Å². The quantitative estimate of drug-likeness (QED) is 0.323. The number of aryl methyl sites for hydroxylation is 1. The minimum absolute atomic E-state index is 0.0453. The van der Waals surface area contributed by atoms with E-state index in [0.717, 1.165) is 4.57 Å². The molecule has 0 radical (unpaired) electrons. The summed E-state index contributed by atoms with van der Waals surface area (Å²) < 4.78 is 2.38. The summed E-state index contributed by atoms with van der Waals surface area (Å²) in [7, 11) is 1.56. The van der Waals surface area contributed by atoms with Gasteiger partial charge in [0.15, 0.2) is 5.78 Å². The fourth-order valence-corrected chi connectivity index (χ4v) is 4.84. The van der Waals surface area contributed by atoms with Crippen LogP contribution in [0.25, 0.3) is 16.6 Å². The Morgan fingerprint density at radius 2 is 1.58 bits per heavy atom. The van der Waals surface area contributed by atoms with E-state index in [2.05, 4.69) is 0 Å². The lowest BCUT2D eigenvalue weighted by molar-refractivity contribution is -0.141. The van der Waals surface area contributed by atoms with Crippen LogP contribution < -0.4 is 11.2 Å². The summed E-state index contributed by atoms with van der Waals surface area (Å²) in [6, 6.07) is 15.7. The topological polar surface area (TPSA) is 98.4 Å². The third-order valence-corrected chi connectivity index (χ3v) is 6.80. The molecule has 0 aliphatic heterocycles. The molecule has 0 fully saturated rings. The molecule has 0 aliphatic rings. The number of hydrogen-bond acceptors (Lipinski definition) is 4. The molecule has 1 N–H and O–H groups in total. The van der Waals surface area contributed by atoms with Crippen molar-refractivity contribution in [2.75, 3.05) is 0 Å². The van der Waals surface area contributed by atoms with E-state index in [1.54, 1.807) is 49.5 Å². The van der Waals surface area contributed by atoms with E-state index in [1.165, 1.54) is 22.8 Å². The van der Waals surface area contributed by atoms with Crippen LogP contribution >= 0.6 is 34.8 Å². The maximum atomic E-state index is 13.1. The molecule has 3 aromatic carbocycles. The Balaban J connectivity index is 1.63. The van der Waals surface area contributed by atoms with Crippen molar-refractivity contribution in [3.8, 4) is 5.69 Å². The van der Waals surface area contributed by atoms with Crippen LogP contribution in [0.5, 0.6) is 0 Å². The summed E-state index contributed by atoms with van der Waals surface area (Å²) in [5, 5.41) is 10.7. The van der Waals surface area contributed by atoms with Gasteiger partial charge in [0.2, 0.25) is 0 Å². The molecular weight excluding hydrogens is 527 g/mol. The van der Waals surface area contributed by atoms with Crippen molar-refractivity contribution in [3.63, 3.8) is 0 Å². The molecule has 0 amide bonds. The van der Waals surface area contributed by atoms with Crippen LogP contribution in [0.4, 0.5) is 0 Å². The number of carbonyl (C=O) groups is 2. The number of Topliss-reactive ketones (excluding diaryl/α,β-unsaturated/α-hetero) is 1. The number of halogens is 3. The Morgan fingerprint density at radius 1 is 0.944 bits per heavy atom. The number of hydrogen-bond donors (Lipinski definition) is 1. The highest BCUT2D eigenvalue weighted by Crippen LogP contribution is 2.27. The first-order valence-electron chi connectivity index (χ1n) is 10.8. The molecular formula is C26H19Cl3N2O5. The second-order valence-corrected chi connectivity index (χ2v) is 9.52. The lowest BCUT2D eigenvalue weighted by Crippen LogP contribution is -2.37. The van der Waals surface area contributed by atoms with Gasteiger partial charge in [-0.3, -0.25) is 19.0 Å². The average molecular weight is 546 g/mol. The number of carboxylic acids is 1. The minimum Gasteiger partial charge on any atom is -0.481 e. The van der Waals surface area contributed by atoms with Crippen molar-refractivity contribution in [1.82, 2.24) is 9.13 Å². The third kappa shape index (κ3) is 4.95. The van der Waals surface area contributed by atoms with Crippen LogP contribution in [-0.4, -0.2) is 26.0 Å². The molecule has 7 nitrogen and oxygen atoms in total. The van der Waals surface area contributed by atoms with Gasteiger partial charge < -0.3 is 5.11 Å². The molecule has 4 aromatic rings. The molecule has 0 saturated carbocycles. The Labute approximate surface area is 220 Å². The normalized spacial score (nSPS) is 12.0. The number of fused-ring (bicyclic) bond motifs is 1. The van der Waals surface area contributed by atoms with E-state index < -0.39 is 28.9 Å². The van der Waals surface area contributed by atoms with Crippen LogP contribution in [0.3, 0.4) is 0 Å². The van der Waals surface area contributed by atoms with Crippen molar-refractivity contribution >= 4 is 57.5 Å². The van der Waals surface area contributed by atoms with Gasteiger partial charge in [-0.15, -0.1) is 0 Å². The Hall–Kier alpha value is -3.39. The Bertz CT molecular complexity index is 1600. The second-order valence-electron chi connectivity index (χ2n) is 8.27. The van der Waals surface area contributed by atoms with Crippen molar-refractivity contribution in [2.45, 2.75) is 12.8 Å². The first-order chi connectivity index (χ1) is 17.1. The zero-order valence-electron chi connectivity index (χ0n) is 18.9. The van der Waals surface area contributed by atoms with Crippen molar-refractivity contribution < 1.29 is 14.7 Å². The largest absolute Gasteiger partial charge is 0.481 e. The van der Waals surface area contributed by atoms with Gasteiger partial charge in [-0.05, 0) is 54.4 Å². The third-order valence-electron chi connectivity index (χ3n) is 5.93. The summed E-state index contributed by atoms with van der Waals surface area (Å²) in [5.41, 5.74) is 0.418. The fraction of sp³-hybridized carbons (Fsp3) is 0.154. The van der Waals surface area contributed by atoms with Gasteiger partial charge in [0.25, 0.3) is 5.56 Å². The molecule has 1 aromatic heterocycles. The van der Waals surface area contributed by atoms with E-state index in [-0.39, 0.29) is 33.8 Å². The summed E-state index contributed by atoms with van der Waals surface area (Å²) in [4.78, 5) is 50.6. The van der Waals surface area contributed by atoms with Crippen LogP contribution in [0.15, 0.2) is 70.3 Å². The maximum absolute atomic E-state index is 13.1. The second kappa shape index (κ2) is 10.3. The molecule has 10 heteroatoms. The summed E-state index contributed by atoms with van der Waals surface area (Å²) in [6.07, 6.45) is -0.254. The van der Waals surface area contributed by atoms with Gasteiger partial charge in [-0.1, -0.05) is 53.0 Å². The zero-order chi connectivity index (χ0) is 26.1. The number of carbonyl (C=O) groups excluding carboxylic acids is 1. The first kappa shape index (κ1) is 25.7. The fourth-order valence-electron chi connectivity index (χ4n) is 4.06. The van der Waals surface area contributed by atoms with Gasteiger partial charge in [0, 0.05) is 18.5 Å². The monoisotopic (exact) mass is 544 g/mol. The highest BCUT2D eigenvalue weighted by atomic mass is 35.5. The van der Waals surface area contributed by atoms with Crippen LogP contribution in [-0.2, 0) is 18.3 Å². The predicted octanol–water partition coefficient (Wildman–Crippen LogP) is 5.17. The van der Waals surface area contributed by atoms with E-state index in [4.69, 9.17) is 34.8 Å². The van der Waals surface area contributed by atoms with Crippen LogP contribution in [0.1, 0.15) is 22.3 Å². The standard InChI is InChI=1S/C26H19Cl3N2O5/c1-30-21-10-7-16(27)13-18(21)24(33)31(26(30)36)17-8-5-14(6-9-17)11-15(25(34)35)12-22(32)23-19(28)3-2-4-20(23)29/h2-10,13,15H,11-12H2,1H3,(H,34,35). The van der Waals surface area contributed by atoms with Crippen LogP contribution in [0, 0.1) is 5.92 Å². The van der Waals surface area contributed by atoms with E-state index in [9.17, 15) is 24.3 Å². The van der Waals surface area contributed by atoms with Crippen molar-refractivity contribution in [1.29, 1.82) is 0 Å². The molecule has 0 aliphatic carbocycles. The van der Waals surface area contributed by atoms with E-state index in [1.807, 2.05) is 0 Å². The summed E-state index contributed by atoms with van der Waals surface area (Å²) >= 11 is 18.2.